The van der Waals surface area contributed by atoms with Crippen molar-refractivity contribution in [3.63, 3.8) is 0 Å². The topological polar surface area (TPSA) is 54.0 Å². The second-order valence-corrected chi connectivity index (χ2v) is 4.83. The molecule has 1 aromatic heterocycles. The molecular formula is C17H21N3O. The van der Waals surface area contributed by atoms with Crippen molar-refractivity contribution in [3.8, 4) is 0 Å². The quantitative estimate of drug-likeness (QED) is 0.819. The van der Waals surface area contributed by atoms with E-state index >= 15 is 0 Å². The zero-order valence-corrected chi connectivity index (χ0v) is 12.3. The lowest BCUT2D eigenvalue weighted by Gasteiger charge is -2.18. The highest BCUT2D eigenvalue weighted by Gasteiger charge is 2.15. The molecule has 0 radical (unpaired) electrons. The molecule has 1 aromatic carbocycles. The second-order valence-electron chi connectivity index (χ2n) is 4.83. The van der Waals surface area contributed by atoms with Crippen LogP contribution < -0.4 is 10.6 Å². The minimum atomic E-state index is -0.0835. The van der Waals surface area contributed by atoms with Gasteiger partial charge in [-0.25, -0.2) is 0 Å². The van der Waals surface area contributed by atoms with Gasteiger partial charge >= 0.3 is 0 Å². The Kier molecular flexibility index (Phi) is 5.91. The first-order valence-corrected chi connectivity index (χ1v) is 7.27. The maximum absolute atomic E-state index is 11.8. The van der Waals surface area contributed by atoms with Gasteiger partial charge in [-0.2, -0.15) is 0 Å². The van der Waals surface area contributed by atoms with Crippen molar-refractivity contribution in [1.29, 1.82) is 0 Å². The number of carbonyl (C=O) groups is 1. The Hall–Kier alpha value is -2.20. The molecule has 4 heteroatoms. The normalized spacial score (nSPS) is 11.9. The van der Waals surface area contributed by atoms with Crippen LogP contribution >= 0.6 is 0 Å². The summed E-state index contributed by atoms with van der Waals surface area (Å²) < 4.78 is 0. The third-order valence-corrected chi connectivity index (χ3v) is 3.16. The van der Waals surface area contributed by atoms with Gasteiger partial charge in [0.05, 0.1) is 18.3 Å². The zero-order chi connectivity index (χ0) is 14.9. The van der Waals surface area contributed by atoms with Crippen LogP contribution in [0.15, 0.2) is 54.7 Å². The minimum Gasteiger partial charge on any atom is -0.355 e. The molecule has 1 heterocycles. The van der Waals surface area contributed by atoms with Crippen LogP contribution in [0.2, 0.25) is 0 Å². The molecule has 21 heavy (non-hydrogen) atoms. The minimum absolute atomic E-state index is 0.00807. The first-order chi connectivity index (χ1) is 10.3. The second kappa shape index (κ2) is 8.17. The molecule has 0 aliphatic carbocycles. The lowest BCUT2D eigenvalue weighted by molar-refractivity contribution is -0.120. The third-order valence-electron chi connectivity index (χ3n) is 3.16. The van der Waals surface area contributed by atoms with Gasteiger partial charge in [0.1, 0.15) is 0 Å². The van der Waals surface area contributed by atoms with E-state index in [9.17, 15) is 4.79 Å². The van der Waals surface area contributed by atoms with Gasteiger partial charge in [0.15, 0.2) is 0 Å². The van der Waals surface area contributed by atoms with Crippen LogP contribution in [0.25, 0.3) is 0 Å². The Bertz CT molecular complexity index is 503. The van der Waals surface area contributed by atoms with E-state index < -0.39 is 0 Å². The predicted octanol–water partition coefficient (Wildman–Crippen LogP) is 2.29. The number of nitrogens with one attached hydrogen (secondary N) is 2. The number of hydrogen-bond acceptors (Lipinski definition) is 3. The highest BCUT2D eigenvalue weighted by Crippen LogP contribution is 2.19. The Labute approximate surface area is 125 Å². The SMILES string of the molecule is CCCNC(=O)CNC(c1ccccc1)c1ccccn1. The smallest absolute Gasteiger partial charge is 0.233 e. The van der Waals surface area contributed by atoms with E-state index in [2.05, 4.69) is 15.6 Å². The average molecular weight is 283 g/mol. The third kappa shape index (κ3) is 4.68. The van der Waals surface area contributed by atoms with Gasteiger partial charge in [0, 0.05) is 12.7 Å². The summed E-state index contributed by atoms with van der Waals surface area (Å²) in [7, 11) is 0. The zero-order valence-electron chi connectivity index (χ0n) is 12.3. The van der Waals surface area contributed by atoms with E-state index in [-0.39, 0.29) is 18.5 Å². The molecule has 0 fully saturated rings. The van der Waals surface area contributed by atoms with Crippen molar-refractivity contribution in [2.75, 3.05) is 13.1 Å². The molecule has 1 amide bonds. The average Bonchev–Trinajstić information content (AvgIpc) is 2.55. The number of benzene rings is 1. The van der Waals surface area contributed by atoms with E-state index in [1.165, 1.54) is 0 Å². The first-order valence-electron chi connectivity index (χ1n) is 7.27. The van der Waals surface area contributed by atoms with Gasteiger partial charge in [0.2, 0.25) is 5.91 Å². The fourth-order valence-electron chi connectivity index (χ4n) is 2.11. The summed E-state index contributed by atoms with van der Waals surface area (Å²) in [4.78, 5) is 16.2. The summed E-state index contributed by atoms with van der Waals surface area (Å²) in [5.74, 6) is 0.00807. The maximum Gasteiger partial charge on any atom is 0.233 e. The van der Waals surface area contributed by atoms with Crippen LogP contribution in [0.1, 0.15) is 30.6 Å². The van der Waals surface area contributed by atoms with Crippen molar-refractivity contribution in [2.24, 2.45) is 0 Å². The first kappa shape index (κ1) is 15.2. The van der Waals surface area contributed by atoms with E-state index in [1.807, 2.05) is 55.5 Å². The van der Waals surface area contributed by atoms with Gasteiger partial charge in [-0.05, 0) is 24.1 Å². The highest BCUT2D eigenvalue weighted by atomic mass is 16.1. The summed E-state index contributed by atoms with van der Waals surface area (Å²) in [5, 5.41) is 6.16. The molecule has 0 saturated carbocycles. The lowest BCUT2D eigenvalue weighted by Crippen LogP contribution is -2.36. The van der Waals surface area contributed by atoms with Gasteiger partial charge in [0.25, 0.3) is 0 Å². The van der Waals surface area contributed by atoms with Crippen LogP contribution in [-0.2, 0) is 4.79 Å². The molecule has 2 aromatic rings. The van der Waals surface area contributed by atoms with Gasteiger partial charge in [-0.3, -0.25) is 15.1 Å². The van der Waals surface area contributed by atoms with Crippen molar-refractivity contribution in [1.82, 2.24) is 15.6 Å². The standard InChI is InChI=1S/C17H21N3O/c1-2-11-19-16(21)13-20-17(14-8-4-3-5-9-14)15-10-6-7-12-18-15/h3-10,12,17,20H,2,11,13H2,1H3,(H,19,21). The van der Waals surface area contributed by atoms with Gasteiger partial charge in [-0.1, -0.05) is 43.3 Å². The summed E-state index contributed by atoms with van der Waals surface area (Å²) in [6.45, 7) is 3.02. The van der Waals surface area contributed by atoms with E-state index in [4.69, 9.17) is 0 Å². The van der Waals surface area contributed by atoms with Gasteiger partial charge < -0.3 is 5.32 Å². The molecule has 0 spiro atoms. The molecule has 0 bridgehead atoms. The molecule has 0 saturated heterocycles. The van der Waals surface area contributed by atoms with Crippen LogP contribution in [0, 0.1) is 0 Å². The summed E-state index contributed by atoms with van der Waals surface area (Å²) >= 11 is 0. The van der Waals surface area contributed by atoms with Crippen molar-refractivity contribution >= 4 is 5.91 Å². The molecule has 110 valence electrons. The van der Waals surface area contributed by atoms with Crippen LogP contribution in [-0.4, -0.2) is 24.0 Å². The number of amides is 1. The number of rotatable bonds is 7. The molecule has 2 N–H and O–H groups in total. The summed E-state index contributed by atoms with van der Waals surface area (Å²) in [6, 6.07) is 15.8. The van der Waals surface area contributed by atoms with E-state index in [0.717, 1.165) is 17.7 Å². The van der Waals surface area contributed by atoms with E-state index in [1.54, 1.807) is 6.20 Å². The van der Waals surface area contributed by atoms with Crippen molar-refractivity contribution in [3.05, 3.63) is 66.0 Å². The number of hydrogen-bond donors (Lipinski definition) is 2. The molecule has 0 aliphatic rings. The number of pyridine rings is 1. The Morgan fingerprint density at radius 3 is 2.57 bits per heavy atom. The van der Waals surface area contributed by atoms with Crippen molar-refractivity contribution < 1.29 is 4.79 Å². The fraction of sp³-hybridized carbons (Fsp3) is 0.294. The van der Waals surface area contributed by atoms with Crippen LogP contribution in [0.5, 0.6) is 0 Å². The lowest BCUT2D eigenvalue weighted by atomic mass is 10.0. The Balaban J connectivity index is 2.09. The van der Waals surface area contributed by atoms with Crippen LogP contribution in [0.4, 0.5) is 0 Å². The highest BCUT2D eigenvalue weighted by molar-refractivity contribution is 5.78. The monoisotopic (exact) mass is 283 g/mol. The number of nitrogens with zero attached hydrogens (tertiary/aromatic N) is 1. The van der Waals surface area contributed by atoms with Crippen LogP contribution in [0.3, 0.4) is 0 Å². The molecule has 4 nitrogen and oxygen atoms in total. The number of aromatic nitrogens is 1. The predicted molar refractivity (Wildman–Crippen MR) is 83.8 cm³/mol. The largest absolute Gasteiger partial charge is 0.355 e. The number of carbonyl (C=O) groups excluding carboxylic acids is 1. The Morgan fingerprint density at radius 2 is 1.90 bits per heavy atom. The summed E-state index contributed by atoms with van der Waals surface area (Å²) in [5.41, 5.74) is 2.01. The molecule has 0 aliphatic heterocycles. The Morgan fingerprint density at radius 1 is 1.14 bits per heavy atom. The fourth-order valence-corrected chi connectivity index (χ4v) is 2.11. The molecule has 1 unspecified atom stereocenters. The molecule has 1 atom stereocenters. The summed E-state index contributed by atoms with van der Waals surface area (Å²) in [6.07, 6.45) is 2.71. The van der Waals surface area contributed by atoms with Crippen molar-refractivity contribution in [2.45, 2.75) is 19.4 Å². The molecular weight excluding hydrogens is 262 g/mol. The van der Waals surface area contributed by atoms with Gasteiger partial charge in [-0.15, -0.1) is 0 Å². The maximum atomic E-state index is 11.8. The van der Waals surface area contributed by atoms with E-state index in [0.29, 0.717) is 6.54 Å². The molecule has 2 rings (SSSR count).